The highest BCUT2D eigenvalue weighted by Crippen LogP contribution is 2.24. The minimum Gasteiger partial charge on any atom is -0.481 e. The molecule has 6 nitrogen and oxygen atoms in total. The standard InChI is InChI=1S/C23H37N3O3/c1-3-4-5-6-7-8-10-19-11-13-20(14-12-19)24-22(29)25-23(17-21(27)28)15-9-16-26(2)18-23/h11-14H,3-10,15-18H2,1-2H3,(H,27,28)(H2,24,25,29). The molecule has 1 aromatic rings. The van der Waals surface area contributed by atoms with Gasteiger partial charge in [-0.2, -0.15) is 0 Å². The summed E-state index contributed by atoms with van der Waals surface area (Å²) in [5.74, 6) is -0.889. The predicted molar refractivity (Wildman–Crippen MR) is 117 cm³/mol. The number of unbranched alkanes of at least 4 members (excludes halogenated alkanes) is 5. The number of benzene rings is 1. The first-order valence-corrected chi connectivity index (χ1v) is 11.0. The third-order valence-electron chi connectivity index (χ3n) is 5.67. The molecule has 0 bridgehead atoms. The van der Waals surface area contributed by atoms with Crippen LogP contribution in [-0.2, 0) is 11.2 Å². The van der Waals surface area contributed by atoms with Crippen molar-refractivity contribution in [2.45, 2.75) is 76.7 Å². The van der Waals surface area contributed by atoms with E-state index in [4.69, 9.17) is 0 Å². The molecule has 1 aromatic carbocycles. The van der Waals surface area contributed by atoms with Crippen LogP contribution in [0.5, 0.6) is 0 Å². The van der Waals surface area contributed by atoms with E-state index in [1.165, 1.54) is 44.1 Å². The van der Waals surface area contributed by atoms with E-state index in [1.807, 2.05) is 19.2 Å². The Balaban J connectivity index is 1.82. The molecule has 162 valence electrons. The van der Waals surface area contributed by atoms with Gasteiger partial charge >= 0.3 is 12.0 Å². The Morgan fingerprint density at radius 1 is 1.10 bits per heavy atom. The maximum absolute atomic E-state index is 12.5. The second-order valence-electron chi connectivity index (χ2n) is 8.49. The van der Waals surface area contributed by atoms with Gasteiger partial charge in [-0.05, 0) is 57.0 Å². The Morgan fingerprint density at radius 3 is 2.45 bits per heavy atom. The van der Waals surface area contributed by atoms with Crippen LogP contribution in [0.15, 0.2) is 24.3 Å². The number of nitrogens with zero attached hydrogens (tertiary/aromatic N) is 1. The van der Waals surface area contributed by atoms with Crippen molar-refractivity contribution >= 4 is 17.7 Å². The van der Waals surface area contributed by atoms with Gasteiger partial charge < -0.3 is 20.6 Å². The summed E-state index contributed by atoms with van der Waals surface area (Å²) in [6.45, 7) is 3.70. The molecule has 0 aliphatic carbocycles. The summed E-state index contributed by atoms with van der Waals surface area (Å²) in [7, 11) is 1.96. The van der Waals surface area contributed by atoms with Crippen LogP contribution in [0.4, 0.5) is 10.5 Å². The molecular formula is C23H37N3O3. The highest BCUT2D eigenvalue weighted by Gasteiger charge is 2.38. The second kappa shape index (κ2) is 11.8. The number of urea groups is 1. The maximum Gasteiger partial charge on any atom is 0.319 e. The summed E-state index contributed by atoms with van der Waals surface area (Å²) in [4.78, 5) is 25.9. The normalized spacial score (nSPS) is 19.7. The van der Waals surface area contributed by atoms with Crippen LogP contribution in [-0.4, -0.2) is 47.7 Å². The Bertz CT molecular complexity index is 647. The van der Waals surface area contributed by atoms with Crippen LogP contribution in [0.3, 0.4) is 0 Å². The third-order valence-corrected chi connectivity index (χ3v) is 5.67. The molecule has 1 fully saturated rings. The number of piperidine rings is 1. The summed E-state index contributed by atoms with van der Waals surface area (Å²) in [6, 6.07) is 7.61. The van der Waals surface area contributed by atoms with Crippen molar-refractivity contribution in [2.24, 2.45) is 0 Å². The summed E-state index contributed by atoms with van der Waals surface area (Å²) < 4.78 is 0. The minimum atomic E-state index is -0.889. The molecule has 1 unspecified atom stereocenters. The molecule has 0 saturated carbocycles. The van der Waals surface area contributed by atoms with E-state index in [0.717, 1.165) is 25.1 Å². The average Bonchev–Trinajstić information content (AvgIpc) is 2.65. The number of aliphatic carboxylic acids is 1. The fourth-order valence-electron chi connectivity index (χ4n) is 4.21. The van der Waals surface area contributed by atoms with Crippen LogP contribution in [0.25, 0.3) is 0 Å². The number of carboxylic acid groups (broad SMARTS) is 1. The molecule has 2 amide bonds. The summed E-state index contributed by atoms with van der Waals surface area (Å²) in [5, 5.41) is 15.1. The number of carbonyl (C=O) groups is 2. The van der Waals surface area contributed by atoms with Gasteiger partial charge in [0.15, 0.2) is 0 Å². The van der Waals surface area contributed by atoms with Gasteiger partial charge in [0, 0.05) is 12.2 Å². The number of amides is 2. The van der Waals surface area contributed by atoms with E-state index in [-0.39, 0.29) is 12.5 Å². The summed E-state index contributed by atoms with van der Waals surface area (Å²) >= 11 is 0. The van der Waals surface area contributed by atoms with Crippen LogP contribution in [0.1, 0.15) is 70.3 Å². The fraction of sp³-hybridized carbons (Fsp3) is 0.652. The van der Waals surface area contributed by atoms with Gasteiger partial charge in [-0.3, -0.25) is 4.79 Å². The van der Waals surface area contributed by atoms with E-state index >= 15 is 0 Å². The van der Waals surface area contributed by atoms with Crippen LogP contribution >= 0.6 is 0 Å². The third kappa shape index (κ3) is 8.44. The average molecular weight is 404 g/mol. The van der Waals surface area contributed by atoms with E-state index in [1.54, 1.807) is 0 Å². The molecule has 0 spiro atoms. The smallest absolute Gasteiger partial charge is 0.319 e. The molecular weight excluding hydrogens is 366 g/mol. The lowest BCUT2D eigenvalue weighted by Crippen LogP contribution is -2.59. The molecule has 0 aromatic heterocycles. The van der Waals surface area contributed by atoms with Gasteiger partial charge in [0.25, 0.3) is 0 Å². The summed E-state index contributed by atoms with van der Waals surface area (Å²) in [6.07, 6.45) is 10.2. The molecule has 0 radical (unpaired) electrons. The first-order chi connectivity index (χ1) is 13.9. The molecule has 1 aliphatic heterocycles. The number of nitrogens with one attached hydrogen (secondary N) is 2. The van der Waals surface area contributed by atoms with Gasteiger partial charge in [-0.15, -0.1) is 0 Å². The Morgan fingerprint density at radius 2 is 1.79 bits per heavy atom. The number of anilines is 1. The molecule has 29 heavy (non-hydrogen) atoms. The zero-order chi connectivity index (χ0) is 21.1. The van der Waals surface area contributed by atoms with Gasteiger partial charge in [0.2, 0.25) is 0 Å². The highest BCUT2D eigenvalue weighted by atomic mass is 16.4. The van der Waals surface area contributed by atoms with Crippen molar-refractivity contribution in [3.05, 3.63) is 29.8 Å². The molecule has 1 aliphatic rings. The lowest BCUT2D eigenvalue weighted by Gasteiger charge is -2.41. The van der Waals surface area contributed by atoms with Crippen molar-refractivity contribution in [2.75, 3.05) is 25.5 Å². The van der Waals surface area contributed by atoms with Crippen molar-refractivity contribution in [3.63, 3.8) is 0 Å². The number of likely N-dealkylation sites (tertiary alicyclic amines) is 1. The van der Waals surface area contributed by atoms with Crippen LogP contribution in [0, 0.1) is 0 Å². The number of likely N-dealkylation sites (N-methyl/N-ethyl adjacent to an activating group) is 1. The molecule has 1 saturated heterocycles. The number of carbonyl (C=O) groups excluding carboxylic acids is 1. The largest absolute Gasteiger partial charge is 0.481 e. The van der Waals surface area contributed by atoms with Gasteiger partial charge in [-0.1, -0.05) is 51.2 Å². The van der Waals surface area contributed by atoms with Crippen LogP contribution in [0.2, 0.25) is 0 Å². The Labute approximate surface area is 175 Å². The highest BCUT2D eigenvalue weighted by molar-refractivity contribution is 5.90. The number of hydrogen-bond donors (Lipinski definition) is 3. The minimum absolute atomic E-state index is 0.0675. The van der Waals surface area contributed by atoms with Crippen molar-refractivity contribution in [3.8, 4) is 0 Å². The van der Waals surface area contributed by atoms with E-state index in [9.17, 15) is 14.7 Å². The zero-order valence-electron chi connectivity index (χ0n) is 18.0. The first-order valence-electron chi connectivity index (χ1n) is 11.0. The van der Waals surface area contributed by atoms with Crippen LogP contribution < -0.4 is 10.6 Å². The first kappa shape index (κ1) is 23.2. The van der Waals surface area contributed by atoms with Gasteiger partial charge in [0.1, 0.15) is 0 Å². The monoisotopic (exact) mass is 403 g/mol. The zero-order valence-corrected chi connectivity index (χ0v) is 18.0. The topological polar surface area (TPSA) is 81.7 Å². The SMILES string of the molecule is CCCCCCCCc1ccc(NC(=O)NC2(CC(=O)O)CCCN(C)C2)cc1. The molecule has 3 N–H and O–H groups in total. The Hall–Kier alpha value is -2.08. The van der Waals surface area contributed by atoms with E-state index in [0.29, 0.717) is 13.0 Å². The van der Waals surface area contributed by atoms with E-state index < -0.39 is 11.5 Å². The molecule has 6 heteroatoms. The lowest BCUT2D eigenvalue weighted by atomic mass is 9.86. The quantitative estimate of drug-likeness (QED) is 0.470. The Kier molecular flexibility index (Phi) is 9.45. The number of carboxylic acids is 1. The number of rotatable bonds is 11. The predicted octanol–water partition coefficient (Wildman–Crippen LogP) is 4.65. The molecule has 1 heterocycles. The van der Waals surface area contributed by atoms with Gasteiger partial charge in [-0.25, -0.2) is 4.79 Å². The fourth-order valence-corrected chi connectivity index (χ4v) is 4.21. The number of aryl methyl sites for hydroxylation is 1. The molecule has 2 rings (SSSR count). The second-order valence-corrected chi connectivity index (χ2v) is 8.49. The van der Waals surface area contributed by atoms with Gasteiger partial charge in [0.05, 0.1) is 12.0 Å². The maximum atomic E-state index is 12.5. The van der Waals surface area contributed by atoms with E-state index in [2.05, 4.69) is 34.6 Å². The number of hydrogen-bond acceptors (Lipinski definition) is 3. The van der Waals surface area contributed by atoms with Crippen molar-refractivity contribution < 1.29 is 14.7 Å². The van der Waals surface area contributed by atoms with Crippen molar-refractivity contribution in [1.29, 1.82) is 0 Å². The molecule has 1 atom stereocenters. The lowest BCUT2D eigenvalue weighted by molar-refractivity contribution is -0.139. The van der Waals surface area contributed by atoms with Crippen molar-refractivity contribution in [1.82, 2.24) is 10.2 Å². The summed E-state index contributed by atoms with van der Waals surface area (Å²) in [5.41, 5.74) is 1.28.